The van der Waals surface area contributed by atoms with E-state index in [4.69, 9.17) is 52.1 Å². The Balaban J connectivity index is 1.41. The fourth-order valence-corrected chi connectivity index (χ4v) is 6.72. The second kappa shape index (κ2) is 16.4. The van der Waals surface area contributed by atoms with E-state index >= 15 is 0 Å². The lowest BCUT2D eigenvalue weighted by atomic mass is 9.81. The predicted molar refractivity (Wildman–Crippen MR) is 176 cm³/mol. The third-order valence-corrected chi connectivity index (χ3v) is 8.85. The summed E-state index contributed by atoms with van der Waals surface area (Å²) in [5.74, 6) is -3.20. The predicted octanol–water partition coefficient (Wildman–Crippen LogP) is 2.28. The molecule has 2 aromatic carbocycles. The van der Waals surface area contributed by atoms with Crippen LogP contribution in [0.3, 0.4) is 0 Å². The Bertz CT molecular complexity index is 1710. The van der Waals surface area contributed by atoms with Crippen molar-refractivity contribution in [1.82, 2.24) is 0 Å². The molecule has 0 aromatic heterocycles. The van der Waals surface area contributed by atoms with Gasteiger partial charge in [0.25, 0.3) is 0 Å². The van der Waals surface area contributed by atoms with E-state index < -0.39 is 90.9 Å². The molecular formula is C36H42O17. The average Bonchev–Trinajstić information content (AvgIpc) is 3.60. The van der Waals surface area contributed by atoms with Gasteiger partial charge < -0.3 is 57.2 Å². The van der Waals surface area contributed by atoms with Crippen molar-refractivity contribution < 1.29 is 81.2 Å². The van der Waals surface area contributed by atoms with Gasteiger partial charge >= 0.3 is 29.8 Å². The van der Waals surface area contributed by atoms with Crippen LogP contribution in [0.4, 0.5) is 0 Å². The van der Waals surface area contributed by atoms with Gasteiger partial charge in [-0.1, -0.05) is 12.1 Å². The van der Waals surface area contributed by atoms with Gasteiger partial charge in [-0.05, 0) is 35.4 Å². The first-order valence-corrected chi connectivity index (χ1v) is 16.6. The lowest BCUT2D eigenvalue weighted by Gasteiger charge is -2.44. The number of hydrogen-bond donors (Lipinski definition) is 1. The summed E-state index contributed by atoms with van der Waals surface area (Å²) in [6, 6.07) is 9.76. The number of rotatable bonds is 12. The largest absolute Gasteiger partial charge is 0.493 e. The first-order valence-electron chi connectivity index (χ1n) is 16.6. The number of esters is 5. The smallest absolute Gasteiger partial charge is 0.308 e. The van der Waals surface area contributed by atoms with Crippen molar-refractivity contribution >= 4 is 29.8 Å². The van der Waals surface area contributed by atoms with Crippen LogP contribution in [0.5, 0.6) is 23.0 Å². The van der Waals surface area contributed by atoms with Gasteiger partial charge in [-0.3, -0.25) is 24.0 Å². The molecule has 5 rings (SSSR count). The van der Waals surface area contributed by atoms with E-state index in [0.29, 0.717) is 16.9 Å². The van der Waals surface area contributed by atoms with Crippen LogP contribution >= 0.6 is 0 Å². The van der Waals surface area contributed by atoms with Crippen LogP contribution in [0.25, 0.3) is 0 Å². The first kappa shape index (κ1) is 39.2. The maximum absolute atomic E-state index is 12.3. The van der Waals surface area contributed by atoms with Crippen molar-refractivity contribution in [3.05, 3.63) is 47.5 Å². The Kier molecular flexibility index (Phi) is 12.1. The molecule has 3 aliphatic rings. The highest BCUT2D eigenvalue weighted by molar-refractivity contribution is 5.71. The quantitative estimate of drug-likeness (QED) is 0.188. The molecule has 17 nitrogen and oxygen atoms in total. The number of aliphatic hydroxyl groups is 1. The van der Waals surface area contributed by atoms with Crippen molar-refractivity contribution in [3.8, 4) is 23.0 Å². The monoisotopic (exact) mass is 746 g/mol. The summed E-state index contributed by atoms with van der Waals surface area (Å²) in [5, 5.41) is 11.9. The van der Waals surface area contributed by atoms with Gasteiger partial charge in [-0.25, -0.2) is 0 Å². The Morgan fingerprint density at radius 2 is 1.30 bits per heavy atom. The zero-order chi connectivity index (χ0) is 38.6. The molecule has 0 bridgehead atoms. The molecule has 0 radical (unpaired) electrons. The number of ether oxygens (including phenoxy) is 11. The number of benzene rings is 2. The zero-order valence-corrected chi connectivity index (χ0v) is 30.2. The lowest BCUT2D eigenvalue weighted by molar-refractivity contribution is -0.288. The Morgan fingerprint density at radius 1 is 0.717 bits per heavy atom. The van der Waals surface area contributed by atoms with Crippen molar-refractivity contribution in [1.29, 1.82) is 0 Å². The molecule has 1 N–H and O–H groups in total. The fourth-order valence-electron chi connectivity index (χ4n) is 6.72. The molecule has 3 aliphatic heterocycles. The molecule has 3 heterocycles. The maximum atomic E-state index is 12.3. The molecule has 0 aliphatic carbocycles. The van der Waals surface area contributed by atoms with Gasteiger partial charge in [-0.15, -0.1) is 0 Å². The molecule has 3 fully saturated rings. The highest BCUT2D eigenvalue weighted by Crippen LogP contribution is 2.54. The Hall–Kier alpha value is -4.97. The third kappa shape index (κ3) is 8.64. The minimum absolute atomic E-state index is 0.0632. The summed E-state index contributed by atoms with van der Waals surface area (Å²) in [6.45, 7) is 5.46. The van der Waals surface area contributed by atoms with Crippen LogP contribution < -0.4 is 18.9 Å². The van der Waals surface area contributed by atoms with E-state index in [2.05, 4.69) is 0 Å². The molecule has 0 unspecified atom stereocenters. The zero-order valence-electron chi connectivity index (χ0n) is 30.2. The minimum Gasteiger partial charge on any atom is -0.493 e. The van der Waals surface area contributed by atoms with E-state index in [1.54, 1.807) is 36.4 Å². The summed E-state index contributed by atoms with van der Waals surface area (Å²) in [6.07, 6.45) is -8.37. The van der Waals surface area contributed by atoms with E-state index in [9.17, 15) is 29.1 Å². The highest BCUT2D eigenvalue weighted by Gasteiger charge is 2.59. The SMILES string of the molecule is COc1cc([C@H]2OC[C@@H]3[C@@H](c4ccc(O[C@@H]5O[C@H](COC(C)=O)[C@@H](OC(C)=O)[C@H](OC(C)=O)[C@H]5OC(C)=O)c(OC)c4)OC[C@]23O)ccc1OC(C)=O. The van der Waals surface area contributed by atoms with E-state index in [-0.39, 0.29) is 30.5 Å². The molecule has 0 amide bonds. The van der Waals surface area contributed by atoms with Crippen LogP contribution in [0.1, 0.15) is 58.0 Å². The average molecular weight is 747 g/mol. The van der Waals surface area contributed by atoms with Gasteiger partial charge in [0.1, 0.15) is 24.4 Å². The van der Waals surface area contributed by atoms with Crippen molar-refractivity contribution in [2.24, 2.45) is 5.92 Å². The Morgan fingerprint density at radius 3 is 1.92 bits per heavy atom. The van der Waals surface area contributed by atoms with Crippen LogP contribution in [0.2, 0.25) is 0 Å². The van der Waals surface area contributed by atoms with E-state index in [1.807, 2.05) is 0 Å². The molecule has 17 heteroatoms. The second-order valence-electron chi connectivity index (χ2n) is 12.6. The summed E-state index contributed by atoms with van der Waals surface area (Å²) in [4.78, 5) is 59.7. The highest BCUT2D eigenvalue weighted by atomic mass is 16.7. The summed E-state index contributed by atoms with van der Waals surface area (Å²) in [5.41, 5.74) is -0.225. The van der Waals surface area contributed by atoms with Crippen LogP contribution in [-0.2, 0) is 57.1 Å². The van der Waals surface area contributed by atoms with Gasteiger partial charge in [0, 0.05) is 40.5 Å². The topological polar surface area (TPSA) is 207 Å². The molecule has 2 aromatic rings. The first-order chi connectivity index (χ1) is 25.1. The number of hydrogen-bond acceptors (Lipinski definition) is 17. The standard InChI is InChI=1S/C36H42O17/c1-17(37)45-15-29-31(49-19(3)39)32(50-20(4)40)33(51-21(5)41)35(53-29)52-26-10-8-22(12-27(26)43-6)30-24-14-46-34(36(24,42)16-47-30)23-9-11-25(48-18(2)38)28(13-23)44-7/h8-13,24,29-35,42H,14-16H2,1-7H3/t24-,29-,30-,31-,32+,33-,34-,35-,36-/m1/s1. The Labute approximate surface area is 304 Å². The van der Waals surface area contributed by atoms with Gasteiger partial charge in [0.05, 0.1) is 33.5 Å². The van der Waals surface area contributed by atoms with Gasteiger partial charge in [0.2, 0.25) is 12.4 Å². The lowest BCUT2D eigenvalue weighted by Crippen LogP contribution is -2.63. The maximum Gasteiger partial charge on any atom is 0.308 e. The van der Waals surface area contributed by atoms with E-state index in [0.717, 1.165) is 20.8 Å². The molecule has 3 saturated heterocycles. The van der Waals surface area contributed by atoms with Gasteiger partial charge in [-0.2, -0.15) is 0 Å². The van der Waals surface area contributed by atoms with Crippen LogP contribution in [0.15, 0.2) is 36.4 Å². The van der Waals surface area contributed by atoms with Crippen LogP contribution in [0, 0.1) is 5.92 Å². The normalized spacial score (nSPS) is 28.9. The molecule has 9 atom stereocenters. The number of fused-ring (bicyclic) bond motifs is 1. The van der Waals surface area contributed by atoms with Crippen molar-refractivity contribution in [3.63, 3.8) is 0 Å². The minimum atomic E-state index is -1.49. The van der Waals surface area contributed by atoms with E-state index in [1.165, 1.54) is 28.1 Å². The second-order valence-corrected chi connectivity index (χ2v) is 12.6. The molecule has 53 heavy (non-hydrogen) atoms. The van der Waals surface area contributed by atoms with Gasteiger partial charge in [0.15, 0.2) is 35.2 Å². The molecule has 288 valence electrons. The molecule has 0 saturated carbocycles. The molecule has 0 spiro atoms. The van der Waals surface area contributed by atoms with Crippen molar-refractivity contribution in [2.75, 3.05) is 34.0 Å². The number of carbonyl (C=O) groups is 5. The molecular weight excluding hydrogens is 704 g/mol. The fraction of sp³-hybridized carbons (Fsp3) is 0.528. The number of methoxy groups -OCH3 is 2. The van der Waals surface area contributed by atoms with Crippen LogP contribution in [-0.4, -0.2) is 105 Å². The summed E-state index contributed by atoms with van der Waals surface area (Å²) >= 11 is 0. The third-order valence-electron chi connectivity index (χ3n) is 8.85. The van der Waals surface area contributed by atoms with Crippen molar-refractivity contribution in [2.45, 2.75) is 83.1 Å². The summed E-state index contributed by atoms with van der Waals surface area (Å²) < 4.78 is 62.3. The summed E-state index contributed by atoms with van der Waals surface area (Å²) in [7, 11) is 2.83. The number of carbonyl (C=O) groups excluding carboxylic acids is 5.